The van der Waals surface area contributed by atoms with Crippen LogP contribution in [-0.4, -0.2) is 51.3 Å². The van der Waals surface area contributed by atoms with Gasteiger partial charge in [0.1, 0.15) is 17.6 Å². The van der Waals surface area contributed by atoms with Gasteiger partial charge in [-0.25, -0.2) is 14.6 Å². The average molecular weight is 431 g/mol. The van der Waals surface area contributed by atoms with Gasteiger partial charge in [0.2, 0.25) is 5.65 Å². The summed E-state index contributed by atoms with van der Waals surface area (Å²) in [5, 5.41) is 32.0. The lowest BCUT2D eigenvalue weighted by Gasteiger charge is -2.46. The number of rotatable bonds is 3. The lowest BCUT2D eigenvalue weighted by molar-refractivity contribution is 0.127. The van der Waals surface area contributed by atoms with Crippen LogP contribution in [0.2, 0.25) is 0 Å². The van der Waals surface area contributed by atoms with Crippen molar-refractivity contribution in [2.45, 2.75) is 57.7 Å². The van der Waals surface area contributed by atoms with E-state index in [4.69, 9.17) is 0 Å². The molecule has 0 radical (unpaired) electrons. The van der Waals surface area contributed by atoms with Crippen molar-refractivity contribution in [3.63, 3.8) is 0 Å². The zero-order valence-corrected chi connectivity index (χ0v) is 18.6. The molecule has 9 nitrogen and oxygen atoms in total. The molecule has 0 bridgehead atoms. The fourth-order valence-electron chi connectivity index (χ4n) is 4.94. The maximum absolute atomic E-state index is 10.6. The number of nitrogens with one attached hydrogen (secondary N) is 1. The first-order valence-electron chi connectivity index (χ1n) is 10.7. The van der Waals surface area contributed by atoms with E-state index in [1.165, 1.54) is 6.33 Å². The molecular weight excluding hydrogens is 404 g/mol. The van der Waals surface area contributed by atoms with Crippen molar-refractivity contribution < 1.29 is 5.11 Å². The number of fused-ring (bicyclic) bond motifs is 1. The van der Waals surface area contributed by atoms with Crippen molar-refractivity contribution in [3.05, 3.63) is 42.9 Å². The summed E-state index contributed by atoms with van der Waals surface area (Å²) in [6, 6.07) is 9.15. The van der Waals surface area contributed by atoms with Crippen LogP contribution >= 0.6 is 0 Å². The summed E-state index contributed by atoms with van der Waals surface area (Å²) >= 11 is 0. The van der Waals surface area contributed by atoms with Crippen LogP contribution in [0.25, 0.3) is 33.7 Å². The van der Waals surface area contributed by atoms with Gasteiger partial charge in [0.25, 0.3) is 0 Å². The van der Waals surface area contributed by atoms with E-state index in [0.717, 1.165) is 24.1 Å². The Labute approximate surface area is 185 Å². The quantitative estimate of drug-likeness (QED) is 0.507. The third-order valence-corrected chi connectivity index (χ3v) is 5.89. The monoisotopic (exact) mass is 430 g/mol. The van der Waals surface area contributed by atoms with Crippen molar-refractivity contribution >= 4 is 11.2 Å². The van der Waals surface area contributed by atoms with E-state index in [-0.39, 0.29) is 22.9 Å². The molecule has 1 aliphatic heterocycles. The molecule has 2 N–H and O–H groups in total. The summed E-state index contributed by atoms with van der Waals surface area (Å²) in [7, 11) is 0. The molecule has 1 aliphatic rings. The first-order chi connectivity index (χ1) is 15.2. The molecule has 0 aliphatic carbocycles. The minimum absolute atomic E-state index is 0.0186. The number of benzene rings is 1. The normalized spacial score (nSPS) is 18.1. The zero-order valence-electron chi connectivity index (χ0n) is 18.6. The van der Waals surface area contributed by atoms with Crippen molar-refractivity contribution in [2.24, 2.45) is 0 Å². The van der Waals surface area contributed by atoms with Crippen molar-refractivity contribution in [3.8, 4) is 28.3 Å². The second-order valence-electron chi connectivity index (χ2n) is 9.75. The number of nitrogens with zero attached hydrogens (tertiary/aromatic N) is 7. The molecule has 164 valence electrons. The van der Waals surface area contributed by atoms with Crippen molar-refractivity contribution in [2.75, 3.05) is 0 Å². The van der Waals surface area contributed by atoms with Gasteiger partial charge in [-0.3, -0.25) is 0 Å². The standard InChI is InChI=1S/C23H26N8O/c1-22(2)11-15(12-23(3,4)29-22)31-21-19(27-30-31)10-18(26-28-21)16-6-5-14(9-20(16)32)17-7-8-24-13-25-17/h5-10,13,15,29,32H,11-12H2,1-4H3. The maximum atomic E-state index is 10.6. The molecule has 0 unspecified atom stereocenters. The number of phenols is 1. The number of hydrogen-bond donors (Lipinski definition) is 2. The third kappa shape index (κ3) is 3.80. The Morgan fingerprint density at radius 3 is 2.44 bits per heavy atom. The van der Waals surface area contributed by atoms with Gasteiger partial charge in [-0.15, -0.1) is 15.3 Å². The van der Waals surface area contributed by atoms with Gasteiger partial charge in [-0.2, -0.15) is 0 Å². The predicted octanol–water partition coefficient (Wildman–Crippen LogP) is 3.53. The number of aromatic nitrogens is 7. The zero-order chi connectivity index (χ0) is 22.5. The van der Waals surface area contributed by atoms with E-state index in [9.17, 15) is 5.11 Å². The molecule has 1 aromatic carbocycles. The van der Waals surface area contributed by atoms with E-state index in [1.54, 1.807) is 18.3 Å². The van der Waals surface area contributed by atoms with E-state index < -0.39 is 0 Å². The third-order valence-electron chi connectivity index (χ3n) is 5.89. The van der Waals surface area contributed by atoms with Gasteiger partial charge < -0.3 is 10.4 Å². The highest BCUT2D eigenvalue weighted by Gasteiger charge is 2.39. The molecule has 0 amide bonds. The van der Waals surface area contributed by atoms with Crippen LogP contribution in [-0.2, 0) is 0 Å². The second-order valence-corrected chi connectivity index (χ2v) is 9.75. The van der Waals surface area contributed by atoms with Crippen LogP contribution < -0.4 is 5.32 Å². The molecule has 3 aromatic heterocycles. The summed E-state index contributed by atoms with van der Waals surface area (Å²) in [6.07, 6.45) is 4.99. The summed E-state index contributed by atoms with van der Waals surface area (Å²) < 4.78 is 1.90. The Hall–Kier alpha value is -3.46. The molecule has 0 spiro atoms. The molecule has 0 atom stereocenters. The summed E-state index contributed by atoms with van der Waals surface area (Å²) in [5.41, 5.74) is 3.93. The molecule has 4 heterocycles. The van der Waals surface area contributed by atoms with Gasteiger partial charge in [-0.05, 0) is 64.8 Å². The highest BCUT2D eigenvalue weighted by atomic mass is 16.3. The molecule has 5 rings (SSSR count). The van der Waals surface area contributed by atoms with E-state index in [2.05, 4.69) is 63.5 Å². The molecule has 32 heavy (non-hydrogen) atoms. The molecule has 1 fully saturated rings. The van der Waals surface area contributed by atoms with Crippen LogP contribution in [0, 0.1) is 0 Å². The van der Waals surface area contributed by atoms with Crippen molar-refractivity contribution in [1.29, 1.82) is 0 Å². The van der Waals surface area contributed by atoms with Crippen LogP contribution in [0.15, 0.2) is 42.9 Å². The summed E-state index contributed by atoms with van der Waals surface area (Å²) in [5.74, 6) is 0.101. The minimum Gasteiger partial charge on any atom is -0.507 e. The molecule has 1 saturated heterocycles. The Morgan fingerprint density at radius 2 is 1.75 bits per heavy atom. The minimum atomic E-state index is -0.0186. The molecular formula is C23H26N8O. The average Bonchev–Trinajstić information content (AvgIpc) is 3.15. The SMILES string of the molecule is CC1(C)CC(n2nnc3cc(-c4ccc(-c5ccncn5)cc4O)nnc32)CC(C)(C)N1. The first kappa shape index (κ1) is 20.4. The van der Waals surface area contributed by atoms with Gasteiger partial charge in [-0.1, -0.05) is 11.3 Å². The van der Waals surface area contributed by atoms with Gasteiger partial charge in [0.05, 0.1) is 17.4 Å². The van der Waals surface area contributed by atoms with E-state index >= 15 is 0 Å². The number of piperidine rings is 1. The Morgan fingerprint density at radius 1 is 0.969 bits per heavy atom. The highest BCUT2D eigenvalue weighted by molar-refractivity contribution is 5.79. The van der Waals surface area contributed by atoms with Crippen LogP contribution in [0.1, 0.15) is 46.6 Å². The fourth-order valence-corrected chi connectivity index (χ4v) is 4.94. The fraction of sp³-hybridized carbons (Fsp3) is 0.391. The Bertz CT molecular complexity index is 1270. The Kier molecular flexibility index (Phi) is 4.67. The van der Waals surface area contributed by atoms with Gasteiger partial charge >= 0.3 is 0 Å². The van der Waals surface area contributed by atoms with Gasteiger partial charge in [0, 0.05) is 28.4 Å². The molecule has 0 saturated carbocycles. The van der Waals surface area contributed by atoms with Crippen LogP contribution in [0.5, 0.6) is 5.75 Å². The van der Waals surface area contributed by atoms with Crippen LogP contribution in [0.3, 0.4) is 0 Å². The topological polar surface area (TPSA) is 115 Å². The lowest BCUT2D eigenvalue weighted by Crippen LogP contribution is -2.58. The first-order valence-corrected chi connectivity index (χ1v) is 10.7. The lowest BCUT2D eigenvalue weighted by atomic mass is 9.80. The summed E-state index contributed by atoms with van der Waals surface area (Å²) in [4.78, 5) is 8.15. The smallest absolute Gasteiger partial charge is 0.201 e. The van der Waals surface area contributed by atoms with E-state index in [0.29, 0.717) is 22.4 Å². The van der Waals surface area contributed by atoms with Crippen LogP contribution in [0.4, 0.5) is 0 Å². The number of phenolic OH excluding ortho intramolecular Hbond substituents is 1. The summed E-state index contributed by atoms with van der Waals surface area (Å²) in [6.45, 7) is 8.82. The molecule has 9 heteroatoms. The van der Waals surface area contributed by atoms with Gasteiger partial charge in [0.15, 0.2) is 0 Å². The number of aromatic hydroxyl groups is 1. The predicted molar refractivity (Wildman–Crippen MR) is 121 cm³/mol. The number of hydrogen-bond acceptors (Lipinski definition) is 8. The largest absolute Gasteiger partial charge is 0.507 e. The maximum Gasteiger partial charge on any atom is 0.201 e. The van der Waals surface area contributed by atoms with Crippen molar-refractivity contribution in [1.82, 2.24) is 40.5 Å². The van der Waals surface area contributed by atoms with E-state index in [1.807, 2.05) is 22.9 Å². The molecule has 4 aromatic rings. The highest BCUT2D eigenvalue weighted by Crippen LogP contribution is 2.37. The second kappa shape index (κ2) is 7.30. The Balaban J connectivity index is 1.48.